The van der Waals surface area contributed by atoms with E-state index in [-0.39, 0.29) is 13.2 Å². The molecule has 0 bridgehead atoms. The lowest BCUT2D eigenvalue weighted by Gasteiger charge is -2.35. The molecule has 30 heavy (non-hydrogen) atoms. The molecule has 0 aliphatic carbocycles. The Morgan fingerprint density at radius 3 is 2.40 bits per heavy atom. The van der Waals surface area contributed by atoms with E-state index in [1.807, 2.05) is 54.6 Å². The second-order valence-electron chi connectivity index (χ2n) is 7.15. The van der Waals surface area contributed by atoms with Crippen molar-refractivity contribution in [3.05, 3.63) is 71.3 Å². The van der Waals surface area contributed by atoms with Crippen LogP contribution in [-0.4, -0.2) is 42.1 Å². The number of carbonyl (C=O) groups is 3. The summed E-state index contributed by atoms with van der Waals surface area (Å²) in [6.07, 6.45) is 0.167. The minimum Gasteiger partial charge on any atom is -0.467 e. The van der Waals surface area contributed by atoms with Gasteiger partial charge in [0, 0.05) is 6.42 Å². The van der Waals surface area contributed by atoms with E-state index in [0.29, 0.717) is 12.8 Å². The molecule has 2 atom stereocenters. The molecule has 7 nitrogen and oxygen atoms in total. The maximum absolute atomic E-state index is 13.0. The van der Waals surface area contributed by atoms with Crippen LogP contribution in [0.2, 0.25) is 0 Å². The number of nitrogens with one attached hydrogen (secondary N) is 1. The van der Waals surface area contributed by atoms with Crippen LogP contribution in [0.1, 0.15) is 30.0 Å². The Morgan fingerprint density at radius 1 is 1.07 bits per heavy atom. The van der Waals surface area contributed by atoms with Gasteiger partial charge in [-0.05, 0) is 23.1 Å². The Bertz CT molecular complexity index is 899. The molecule has 0 saturated carbocycles. The summed E-state index contributed by atoms with van der Waals surface area (Å²) < 4.78 is 10.2. The van der Waals surface area contributed by atoms with Crippen LogP contribution in [-0.2, 0) is 38.6 Å². The number of rotatable bonds is 6. The molecule has 0 aromatic heterocycles. The molecule has 2 aromatic rings. The van der Waals surface area contributed by atoms with E-state index in [4.69, 9.17) is 9.47 Å². The summed E-state index contributed by atoms with van der Waals surface area (Å²) in [4.78, 5) is 39.2. The number of nitrogens with zero attached hydrogens (tertiary/aromatic N) is 1. The smallest absolute Gasteiger partial charge is 0.411 e. The van der Waals surface area contributed by atoms with Gasteiger partial charge in [-0.15, -0.1) is 0 Å². The van der Waals surface area contributed by atoms with Gasteiger partial charge in [-0.25, -0.2) is 9.59 Å². The number of benzene rings is 2. The molecule has 1 heterocycles. The third-order valence-electron chi connectivity index (χ3n) is 5.20. The zero-order valence-corrected chi connectivity index (χ0v) is 17.2. The van der Waals surface area contributed by atoms with Gasteiger partial charge in [-0.2, -0.15) is 0 Å². The summed E-state index contributed by atoms with van der Waals surface area (Å²) >= 11 is 0. The van der Waals surface area contributed by atoms with Crippen LogP contribution in [0, 0.1) is 0 Å². The standard InChI is InChI=1S/C23H26N2O5/c1-3-19(22(27)29-2)24-21(26)20-13-17-11-7-8-12-18(17)14-25(20)23(28)30-15-16-9-5-4-6-10-16/h4-12,19-20H,3,13-15H2,1-2H3,(H,24,26)/t19-,20-/m0/s1. The highest BCUT2D eigenvalue weighted by Gasteiger charge is 2.37. The summed E-state index contributed by atoms with van der Waals surface area (Å²) in [6.45, 7) is 2.16. The van der Waals surface area contributed by atoms with E-state index in [9.17, 15) is 14.4 Å². The third kappa shape index (κ3) is 4.97. The van der Waals surface area contributed by atoms with Crippen LogP contribution >= 0.6 is 0 Å². The van der Waals surface area contributed by atoms with Crippen molar-refractivity contribution in [3.8, 4) is 0 Å². The Labute approximate surface area is 176 Å². The predicted molar refractivity (Wildman–Crippen MR) is 110 cm³/mol. The molecule has 0 radical (unpaired) electrons. The maximum Gasteiger partial charge on any atom is 0.411 e. The molecular weight excluding hydrogens is 384 g/mol. The fourth-order valence-corrected chi connectivity index (χ4v) is 3.49. The van der Waals surface area contributed by atoms with Crippen LogP contribution in [0.25, 0.3) is 0 Å². The zero-order chi connectivity index (χ0) is 21.5. The number of methoxy groups -OCH3 is 1. The van der Waals surface area contributed by atoms with Crippen LogP contribution in [0.15, 0.2) is 54.6 Å². The monoisotopic (exact) mass is 410 g/mol. The van der Waals surface area contributed by atoms with Crippen molar-refractivity contribution in [1.82, 2.24) is 10.2 Å². The van der Waals surface area contributed by atoms with Crippen LogP contribution in [0.5, 0.6) is 0 Å². The van der Waals surface area contributed by atoms with Gasteiger partial charge in [0.05, 0.1) is 13.7 Å². The fourth-order valence-electron chi connectivity index (χ4n) is 3.49. The molecule has 158 valence electrons. The summed E-state index contributed by atoms with van der Waals surface area (Å²) in [6, 6.07) is 15.5. The lowest BCUT2D eigenvalue weighted by atomic mass is 9.93. The number of fused-ring (bicyclic) bond motifs is 1. The number of esters is 1. The fraction of sp³-hybridized carbons (Fsp3) is 0.348. The van der Waals surface area contributed by atoms with Crippen molar-refractivity contribution in [3.63, 3.8) is 0 Å². The quantitative estimate of drug-likeness (QED) is 0.741. The predicted octanol–water partition coefficient (Wildman–Crippen LogP) is 2.82. The molecule has 1 N–H and O–H groups in total. The second kappa shape index (κ2) is 9.91. The van der Waals surface area contributed by atoms with E-state index in [0.717, 1.165) is 16.7 Å². The second-order valence-corrected chi connectivity index (χ2v) is 7.15. The lowest BCUT2D eigenvalue weighted by Crippen LogP contribution is -2.55. The molecule has 0 saturated heterocycles. The molecule has 0 unspecified atom stereocenters. The highest BCUT2D eigenvalue weighted by atomic mass is 16.6. The van der Waals surface area contributed by atoms with Gasteiger partial charge in [-0.3, -0.25) is 9.69 Å². The molecule has 1 aliphatic rings. The van der Waals surface area contributed by atoms with Gasteiger partial charge in [0.2, 0.25) is 5.91 Å². The first-order chi connectivity index (χ1) is 14.5. The van der Waals surface area contributed by atoms with E-state index in [2.05, 4.69) is 5.32 Å². The van der Waals surface area contributed by atoms with Gasteiger partial charge in [0.15, 0.2) is 0 Å². The number of ether oxygens (including phenoxy) is 2. The number of hydrogen-bond donors (Lipinski definition) is 1. The summed E-state index contributed by atoms with van der Waals surface area (Å²) in [5.41, 5.74) is 2.83. The minimum atomic E-state index is -0.776. The summed E-state index contributed by atoms with van der Waals surface area (Å²) in [7, 11) is 1.28. The summed E-state index contributed by atoms with van der Waals surface area (Å²) in [5, 5.41) is 2.71. The van der Waals surface area contributed by atoms with E-state index < -0.39 is 30.1 Å². The van der Waals surface area contributed by atoms with Crippen molar-refractivity contribution < 1.29 is 23.9 Å². The number of amides is 2. The van der Waals surface area contributed by atoms with Crippen molar-refractivity contribution in [2.45, 2.75) is 45.0 Å². The Kier molecular flexibility index (Phi) is 7.06. The van der Waals surface area contributed by atoms with Crippen molar-refractivity contribution >= 4 is 18.0 Å². The molecule has 0 spiro atoms. The number of hydrogen-bond acceptors (Lipinski definition) is 5. The third-order valence-corrected chi connectivity index (χ3v) is 5.20. The van der Waals surface area contributed by atoms with Gasteiger partial charge < -0.3 is 14.8 Å². The largest absolute Gasteiger partial charge is 0.467 e. The average Bonchev–Trinajstić information content (AvgIpc) is 2.80. The van der Waals surface area contributed by atoms with E-state index in [1.54, 1.807) is 6.92 Å². The number of carbonyl (C=O) groups excluding carboxylic acids is 3. The molecule has 1 aliphatic heterocycles. The SMILES string of the molecule is CC[C@H](NC(=O)[C@@H]1Cc2ccccc2CN1C(=O)OCc1ccccc1)C(=O)OC. The van der Waals surface area contributed by atoms with Crippen molar-refractivity contribution in [2.24, 2.45) is 0 Å². The molecule has 0 fully saturated rings. The highest BCUT2D eigenvalue weighted by molar-refractivity contribution is 5.90. The normalized spacial score (nSPS) is 16.2. The Balaban J connectivity index is 1.77. The molecule has 7 heteroatoms. The summed E-state index contributed by atoms with van der Waals surface area (Å²) in [5.74, 6) is -0.918. The van der Waals surface area contributed by atoms with Crippen molar-refractivity contribution in [2.75, 3.05) is 7.11 Å². The van der Waals surface area contributed by atoms with Crippen LogP contribution in [0.4, 0.5) is 4.79 Å². The van der Waals surface area contributed by atoms with E-state index in [1.165, 1.54) is 12.0 Å². The minimum absolute atomic E-state index is 0.117. The lowest BCUT2D eigenvalue weighted by molar-refractivity contribution is -0.145. The first kappa shape index (κ1) is 21.4. The van der Waals surface area contributed by atoms with Crippen LogP contribution < -0.4 is 5.32 Å². The first-order valence-electron chi connectivity index (χ1n) is 9.95. The molecule has 2 aromatic carbocycles. The van der Waals surface area contributed by atoms with Gasteiger partial charge >= 0.3 is 12.1 Å². The van der Waals surface area contributed by atoms with Gasteiger partial charge in [0.25, 0.3) is 0 Å². The first-order valence-corrected chi connectivity index (χ1v) is 9.95. The molecule has 2 amide bonds. The van der Waals surface area contributed by atoms with E-state index >= 15 is 0 Å². The van der Waals surface area contributed by atoms with Gasteiger partial charge in [0.1, 0.15) is 18.7 Å². The van der Waals surface area contributed by atoms with Gasteiger partial charge in [-0.1, -0.05) is 61.5 Å². The Hall–Kier alpha value is -3.35. The van der Waals surface area contributed by atoms with Crippen LogP contribution in [0.3, 0.4) is 0 Å². The zero-order valence-electron chi connectivity index (χ0n) is 17.2. The topological polar surface area (TPSA) is 84.9 Å². The Morgan fingerprint density at radius 2 is 1.73 bits per heavy atom. The highest BCUT2D eigenvalue weighted by Crippen LogP contribution is 2.24. The van der Waals surface area contributed by atoms with Crippen molar-refractivity contribution in [1.29, 1.82) is 0 Å². The molecular formula is C23H26N2O5. The average molecular weight is 410 g/mol. The molecule has 3 rings (SSSR count). The maximum atomic E-state index is 13.0.